The Kier molecular flexibility index (Phi) is 5.69. The smallest absolute Gasteiger partial charge is 0.417 e. The summed E-state index contributed by atoms with van der Waals surface area (Å²) in [5.41, 5.74) is 7.50. The highest BCUT2D eigenvalue weighted by atomic mass is 19.4. The number of carbonyl (C=O) groups excluding carboxylic acids is 1. The number of aromatic nitrogens is 4. The number of para-hydroxylation sites is 1. The second-order valence-corrected chi connectivity index (χ2v) is 6.84. The fourth-order valence-corrected chi connectivity index (χ4v) is 3.14. The van der Waals surface area contributed by atoms with E-state index in [2.05, 4.69) is 20.4 Å². The third-order valence-electron chi connectivity index (χ3n) is 4.77. The van der Waals surface area contributed by atoms with Crippen LogP contribution in [0.25, 0.3) is 16.8 Å². The summed E-state index contributed by atoms with van der Waals surface area (Å²) < 4.78 is 44.7. The van der Waals surface area contributed by atoms with E-state index in [4.69, 9.17) is 10.5 Å². The molecule has 8 nitrogen and oxygen atoms in total. The second-order valence-electron chi connectivity index (χ2n) is 6.84. The summed E-state index contributed by atoms with van der Waals surface area (Å²) in [6.45, 7) is 0. The van der Waals surface area contributed by atoms with Gasteiger partial charge in [-0.15, -0.1) is 0 Å². The number of amides is 1. The Balaban J connectivity index is 1.63. The number of nitrogen functional groups attached to an aromatic ring is 1. The minimum absolute atomic E-state index is 0.0406. The predicted molar refractivity (Wildman–Crippen MR) is 115 cm³/mol. The molecule has 4 rings (SSSR count). The van der Waals surface area contributed by atoms with Gasteiger partial charge in [0.2, 0.25) is 5.88 Å². The number of hydrogen-bond acceptors (Lipinski definition) is 6. The molecule has 0 saturated carbocycles. The van der Waals surface area contributed by atoms with Crippen molar-refractivity contribution in [2.45, 2.75) is 6.18 Å². The van der Waals surface area contributed by atoms with E-state index >= 15 is 0 Å². The summed E-state index contributed by atoms with van der Waals surface area (Å²) in [6, 6.07) is 12.7. The monoisotopic (exact) mass is 454 g/mol. The molecule has 0 spiro atoms. The maximum atomic E-state index is 12.7. The molecule has 0 radical (unpaired) electrons. The Hall–Kier alpha value is -4.41. The van der Waals surface area contributed by atoms with Gasteiger partial charge < -0.3 is 15.8 Å². The summed E-state index contributed by atoms with van der Waals surface area (Å²) in [5.74, 6) is -0.230. The third-order valence-corrected chi connectivity index (χ3v) is 4.77. The van der Waals surface area contributed by atoms with Gasteiger partial charge in [-0.1, -0.05) is 18.2 Å². The summed E-state index contributed by atoms with van der Waals surface area (Å²) in [5, 5.41) is 6.67. The number of benzene rings is 1. The number of ether oxygens (including phenoxy) is 1. The highest BCUT2D eigenvalue weighted by Crippen LogP contribution is 2.31. The van der Waals surface area contributed by atoms with E-state index in [-0.39, 0.29) is 17.2 Å². The molecule has 1 amide bonds. The molecule has 33 heavy (non-hydrogen) atoms. The summed E-state index contributed by atoms with van der Waals surface area (Å²) in [7, 11) is 1.51. The van der Waals surface area contributed by atoms with Gasteiger partial charge >= 0.3 is 6.18 Å². The van der Waals surface area contributed by atoms with Crippen LogP contribution in [0.3, 0.4) is 0 Å². The van der Waals surface area contributed by atoms with Crippen LogP contribution in [-0.4, -0.2) is 32.8 Å². The quantitative estimate of drug-likeness (QED) is 0.468. The van der Waals surface area contributed by atoms with Gasteiger partial charge in [0.1, 0.15) is 17.2 Å². The van der Waals surface area contributed by atoms with Crippen molar-refractivity contribution in [1.82, 2.24) is 19.7 Å². The largest absolute Gasteiger partial charge is 0.481 e. The van der Waals surface area contributed by atoms with Crippen molar-refractivity contribution in [3.8, 4) is 22.7 Å². The van der Waals surface area contributed by atoms with E-state index in [1.54, 1.807) is 30.5 Å². The summed E-state index contributed by atoms with van der Waals surface area (Å²) >= 11 is 0. The van der Waals surface area contributed by atoms with Crippen LogP contribution in [0.4, 0.5) is 24.8 Å². The molecule has 3 N–H and O–H groups in total. The Morgan fingerprint density at radius 1 is 1.09 bits per heavy atom. The van der Waals surface area contributed by atoms with Crippen LogP contribution in [0.5, 0.6) is 5.88 Å². The van der Waals surface area contributed by atoms with Gasteiger partial charge in [0.15, 0.2) is 0 Å². The van der Waals surface area contributed by atoms with Crippen molar-refractivity contribution in [3.05, 3.63) is 78.2 Å². The van der Waals surface area contributed by atoms with Crippen molar-refractivity contribution < 1.29 is 22.7 Å². The standard InChI is InChI=1S/C22H17F3N6O2/c1-33-19-10-13(8-9-27-19)15-4-2-3-5-17(15)31-20(26)16(12-29-31)21(32)30-18-7-6-14(11-28-18)22(23,24)25/h2-12H,26H2,1H3,(H,28,30,32). The predicted octanol–water partition coefficient (Wildman–Crippen LogP) is 4.19. The van der Waals surface area contributed by atoms with Crippen LogP contribution in [0.1, 0.15) is 15.9 Å². The van der Waals surface area contributed by atoms with Crippen molar-refractivity contribution in [1.29, 1.82) is 0 Å². The Labute approximate surface area is 185 Å². The van der Waals surface area contributed by atoms with Crippen LogP contribution in [0.15, 0.2) is 67.1 Å². The molecule has 4 aromatic rings. The number of methoxy groups -OCH3 is 1. The van der Waals surface area contributed by atoms with Gasteiger partial charge in [-0.2, -0.15) is 18.3 Å². The number of alkyl halides is 3. The number of nitrogens with zero attached hydrogens (tertiary/aromatic N) is 4. The first-order chi connectivity index (χ1) is 15.8. The summed E-state index contributed by atoms with van der Waals surface area (Å²) in [4.78, 5) is 20.4. The minimum atomic E-state index is -4.52. The molecule has 11 heteroatoms. The van der Waals surface area contributed by atoms with E-state index in [1.165, 1.54) is 18.0 Å². The molecule has 0 unspecified atom stereocenters. The number of carbonyl (C=O) groups is 1. The van der Waals surface area contributed by atoms with E-state index in [1.807, 2.05) is 12.1 Å². The fourth-order valence-electron chi connectivity index (χ4n) is 3.14. The number of halogens is 3. The van der Waals surface area contributed by atoms with Crippen molar-refractivity contribution in [2.75, 3.05) is 18.2 Å². The number of hydrogen-bond donors (Lipinski definition) is 2. The SMILES string of the molecule is COc1cc(-c2ccccc2-n2ncc(C(=O)Nc3ccc(C(F)(F)F)cn3)c2N)ccn1. The molecule has 3 aromatic heterocycles. The average molecular weight is 454 g/mol. The Morgan fingerprint density at radius 2 is 1.88 bits per heavy atom. The van der Waals surface area contributed by atoms with E-state index in [9.17, 15) is 18.0 Å². The number of rotatable bonds is 5. The highest BCUT2D eigenvalue weighted by molar-refractivity contribution is 6.07. The van der Waals surface area contributed by atoms with E-state index in [0.717, 1.165) is 23.3 Å². The van der Waals surface area contributed by atoms with Gasteiger partial charge in [-0.05, 0) is 29.8 Å². The normalized spacial score (nSPS) is 11.3. The lowest BCUT2D eigenvalue weighted by molar-refractivity contribution is -0.137. The minimum Gasteiger partial charge on any atom is -0.481 e. The van der Waals surface area contributed by atoms with Crippen molar-refractivity contribution >= 4 is 17.5 Å². The van der Waals surface area contributed by atoms with Crippen molar-refractivity contribution in [2.24, 2.45) is 0 Å². The molecule has 168 valence electrons. The number of pyridine rings is 2. The molecular weight excluding hydrogens is 437 g/mol. The van der Waals surface area contributed by atoms with Crippen LogP contribution in [0, 0.1) is 0 Å². The average Bonchev–Trinajstić information content (AvgIpc) is 3.20. The molecule has 0 bridgehead atoms. The Bertz CT molecular complexity index is 1300. The topological polar surface area (TPSA) is 108 Å². The molecule has 0 saturated heterocycles. The highest BCUT2D eigenvalue weighted by Gasteiger charge is 2.30. The van der Waals surface area contributed by atoms with Gasteiger partial charge in [-0.25, -0.2) is 14.6 Å². The van der Waals surface area contributed by atoms with Crippen LogP contribution >= 0.6 is 0 Å². The third kappa shape index (κ3) is 4.47. The first kappa shape index (κ1) is 21.8. The molecule has 0 aliphatic heterocycles. The van der Waals surface area contributed by atoms with E-state index < -0.39 is 17.6 Å². The van der Waals surface area contributed by atoms with Gasteiger partial charge in [0, 0.05) is 24.0 Å². The lowest BCUT2D eigenvalue weighted by Crippen LogP contribution is -2.15. The van der Waals surface area contributed by atoms with Crippen molar-refractivity contribution in [3.63, 3.8) is 0 Å². The van der Waals surface area contributed by atoms with Crippen LogP contribution < -0.4 is 15.8 Å². The number of nitrogens with two attached hydrogens (primary N) is 1. The maximum absolute atomic E-state index is 12.7. The lowest BCUT2D eigenvalue weighted by Gasteiger charge is -2.12. The first-order valence-electron chi connectivity index (χ1n) is 9.56. The van der Waals surface area contributed by atoms with E-state index in [0.29, 0.717) is 17.8 Å². The lowest BCUT2D eigenvalue weighted by atomic mass is 10.0. The van der Waals surface area contributed by atoms with Gasteiger partial charge in [0.25, 0.3) is 5.91 Å². The molecule has 0 atom stereocenters. The molecule has 0 aliphatic rings. The zero-order chi connectivity index (χ0) is 23.6. The van der Waals surface area contributed by atoms with Crippen LogP contribution in [0.2, 0.25) is 0 Å². The fraction of sp³-hybridized carbons (Fsp3) is 0.0909. The number of nitrogens with one attached hydrogen (secondary N) is 1. The number of anilines is 2. The van der Waals surface area contributed by atoms with Gasteiger partial charge in [0.05, 0.1) is 24.6 Å². The van der Waals surface area contributed by atoms with Gasteiger partial charge in [-0.3, -0.25) is 4.79 Å². The summed E-state index contributed by atoms with van der Waals surface area (Å²) in [6.07, 6.45) is -0.999. The maximum Gasteiger partial charge on any atom is 0.417 e. The molecule has 1 aromatic carbocycles. The Morgan fingerprint density at radius 3 is 2.58 bits per heavy atom. The first-order valence-corrected chi connectivity index (χ1v) is 9.56. The zero-order valence-electron chi connectivity index (χ0n) is 17.2. The molecule has 0 fully saturated rings. The molecular formula is C22H17F3N6O2. The van der Waals surface area contributed by atoms with Crippen LogP contribution in [-0.2, 0) is 6.18 Å². The zero-order valence-corrected chi connectivity index (χ0v) is 17.2. The second kappa shape index (κ2) is 8.61. The molecule has 3 heterocycles. The molecule has 0 aliphatic carbocycles.